The first-order valence-electron chi connectivity index (χ1n) is 6.25. The van der Waals surface area contributed by atoms with Crippen molar-refractivity contribution in [3.05, 3.63) is 30.3 Å². The zero-order chi connectivity index (χ0) is 14.0. The molecule has 100 valence electrons. The van der Waals surface area contributed by atoms with Gasteiger partial charge in [-0.1, -0.05) is 12.7 Å². The van der Waals surface area contributed by atoms with Gasteiger partial charge in [0.25, 0.3) is 0 Å². The summed E-state index contributed by atoms with van der Waals surface area (Å²) in [6.07, 6.45) is 1.79. The Hall–Kier alpha value is -1.44. The van der Waals surface area contributed by atoms with Crippen LogP contribution in [-0.4, -0.2) is 11.2 Å². The van der Waals surface area contributed by atoms with Gasteiger partial charge in [-0.05, 0) is 59.7 Å². The summed E-state index contributed by atoms with van der Waals surface area (Å²) in [5, 5.41) is 0. The van der Waals surface area contributed by atoms with Crippen LogP contribution in [0.4, 0.5) is 0 Å². The topological polar surface area (TPSA) is 18.5 Å². The minimum atomic E-state index is -0.218. The van der Waals surface area contributed by atoms with Gasteiger partial charge in [0.05, 0.1) is 0 Å². The third kappa shape index (κ3) is 4.82. The van der Waals surface area contributed by atoms with Crippen molar-refractivity contribution in [2.45, 2.75) is 52.7 Å². The molecule has 2 heteroatoms. The first-order chi connectivity index (χ1) is 8.11. The Kier molecular flexibility index (Phi) is 4.10. The molecule has 0 radical (unpaired) electrons. The van der Waals surface area contributed by atoms with Gasteiger partial charge in [-0.15, -0.1) is 0 Å². The van der Waals surface area contributed by atoms with Crippen LogP contribution in [0.3, 0.4) is 0 Å². The molecule has 1 aromatic carbocycles. The standard InChI is InChI=1S/C16H24O2/c1-8-12-11-13(17-15(2,3)4)9-10-14(12)18-16(5,6)7/h8-11H,1H2,2-7H3. The zero-order valence-corrected chi connectivity index (χ0v) is 12.3. The molecular weight excluding hydrogens is 224 g/mol. The van der Waals surface area contributed by atoms with Gasteiger partial charge in [-0.2, -0.15) is 0 Å². The van der Waals surface area contributed by atoms with Gasteiger partial charge in [-0.3, -0.25) is 0 Å². The number of benzene rings is 1. The lowest BCUT2D eigenvalue weighted by atomic mass is 10.1. The molecule has 0 saturated heterocycles. The third-order valence-electron chi connectivity index (χ3n) is 2.04. The molecule has 0 N–H and O–H groups in total. The fourth-order valence-electron chi connectivity index (χ4n) is 1.53. The van der Waals surface area contributed by atoms with Crippen molar-refractivity contribution in [1.82, 2.24) is 0 Å². The van der Waals surface area contributed by atoms with Crippen molar-refractivity contribution in [1.29, 1.82) is 0 Å². The van der Waals surface area contributed by atoms with Gasteiger partial charge in [-0.25, -0.2) is 0 Å². The number of hydrogen-bond acceptors (Lipinski definition) is 2. The smallest absolute Gasteiger partial charge is 0.127 e. The molecule has 0 bridgehead atoms. The highest BCUT2D eigenvalue weighted by molar-refractivity contribution is 5.58. The Bertz CT molecular complexity index is 420. The van der Waals surface area contributed by atoms with Gasteiger partial charge in [0.15, 0.2) is 0 Å². The van der Waals surface area contributed by atoms with Crippen molar-refractivity contribution in [2.75, 3.05) is 0 Å². The normalized spacial score (nSPS) is 12.1. The molecule has 0 heterocycles. The Labute approximate surface area is 111 Å². The summed E-state index contributed by atoms with van der Waals surface area (Å²) >= 11 is 0. The van der Waals surface area contributed by atoms with E-state index < -0.39 is 0 Å². The van der Waals surface area contributed by atoms with Crippen LogP contribution in [0.2, 0.25) is 0 Å². The average molecular weight is 248 g/mol. The van der Waals surface area contributed by atoms with Crippen molar-refractivity contribution in [3.63, 3.8) is 0 Å². The highest BCUT2D eigenvalue weighted by Crippen LogP contribution is 2.29. The summed E-state index contributed by atoms with van der Waals surface area (Å²) in [4.78, 5) is 0. The summed E-state index contributed by atoms with van der Waals surface area (Å²) in [5.74, 6) is 1.66. The van der Waals surface area contributed by atoms with Crippen LogP contribution >= 0.6 is 0 Å². The van der Waals surface area contributed by atoms with Crippen LogP contribution in [0.25, 0.3) is 6.08 Å². The number of rotatable bonds is 3. The minimum Gasteiger partial charge on any atom is -0.488 e. The van der Waals surface area contributed by atoms with Crippen LogP contribution in [0.1, 0.15) is 47.1 Å². The molecule has 0 fully saturated rings. The zero-order valence-electron chi connectivity index (χ0n) is 12.3. The second kappa shape index (κ2) is 5.05. The predicted octanol–water partition coefficient (Wildman–Crippen LogP) is 4.68. The van der Waals surface area contributed by atoms with Gasteiger partial charge >= 0.3 is 0 Å². The molecule has 1 aromatic rings. The van der Waals surface area contributed by atoms with E-state index >= 15 is 0 Å². The molecule has 0 aliphatic rings. The van der Waals surface area contributed by atoms with E-state index in [1.165, 1.54) is 0 Å². The molecule has 0 aliphatic carbocycles. The SMILES string of the molecule is C=Cc1cc(OC(C)(C)C)ccc1OC(C)(C)C. The minimum absolute atomic E-state index is 0.204. The van der Waals surface area contributed by atoms with Crippen LogP contribution in [-0.2, 0) is 0 Å². The maximum absolute atomic E-state index is 5.88. The summed E-state index contributed by atoms with van der Waals surface area (Å²) in [6.45, 7) is 16.0. The largest absolute Gasteiger partial charge is 0.488 e. The van der Waals surface area contributed by atoms with Crippen molar-refractivity contribution >= 4 is 6.08 Å². The van der Waals surface area contributed by atoms with Crippen molar-refractivity contribution in [3.8, 4) is 11.5 Å². The Balaban J connectivity index is 3.00. The summed E-state index contributed by atoms with van der Waals surface area (Å²) in [7, 11) is 0. The van der Waals surface area contributed by atoms with E-state index in [2.05, 4.69) is 6.58 Å². The van der Waals surface area contributed by atoms with E-state index in [0.717, 1.165) is 17.1 Å². The van der Waals surface area contributed by atoms with E-state index in [4.69, 9.17) is 9.47 Å². The lowest BCUT2D eigenvalue weighted by molar-refractivity contribution is 0.125. The molecule has 0 atom stereocenters. The Morgan fingerprint density at radius 2 is 1.50 bits per heavy atom. The number of ether oxygens (including phenoxy) is 2. The predicted molar refractivity (Wildman–Crippen MR) is 77.3 cm³/mol. The highest BCUT2D eigenvalue weighted by Gasteiger charge is 2.16. The quantitative estimate of drug-likeness (QED) is 0.773. The molecule has 0 spiro atoms. The molecule has 0 saturated carbocycles. The van der Waals surface area contributed by atoms with E-state index in [1.807, 2.05) is 59.7 Å². The van der Waals surface area contributed by atoms with Gasteiger partial charge in [0, 0.05) is 5.56 Å². The molecule has 0 amide bonds. The third-order valence-corrected chi connectivity index (χ3v) is 2.04. The lowest BCUT2D eigenvalue weighted by Crippen LogP contribution is -2.24. The molecular formula is C16H24O2. The molecule has 0 unspecified atom stereocenters. The van der Waals surface area contributed by atoms with E-state index in [-0.39, 0.29) is 11.2 Å². The van der Waals surface area contributed by atoms with Crippen LogP contribution < -0.4 is 9.47 Å². The van der Waals surface area contributed by atoms with Crippen molar-refractivity contribution in [2.24, 2.45) is 0 Å². The molecule has 0 aliphatic heterocycles. The maximum Gasteiger partial charge on any atom is 0.127 e. The molecule has 1 rings (SSSR count). The molecule has 18 heavy (non-hydrogen) atoms. The Morgan fingerprint density at radius 3 is 1.94 bits per heavy atom. The van der Waals surface area contributed by atoms with Gasteiger partial charge in [0.1, 0.15) is 22.7 Å². The fourth-order valence-corrected chi connectivity index (χ4v) is 1.53. The summed E-state index contributed by atoms with van der Waals surface area (Å²) in [6, 6.07) is 5.82. The average Bonchev–Trinajstić information content (AvgIpc) is 2.16. The van der Waals surface area contributed by atoms with E-state index in [0.29, 0.717) is 0 Å². The summed E-state index contributed by atoms with van der Waals surface area (Å²) < 4.78 is 11.7. The lowest BCUT2D eigenvalue weighted by Gasteiger charge is -2.25. The second-order valence-corrected chi connectivity index (χ2v) is 6.33. The van der Waals surface area contributed by atoms with E-state index in [9.17, 15) is 0 Å². The number of hydrogen-bond donors (Lipinski definition) is 0. The van der Waals surface area contributed by atoms with Crippen LogP contribution in [0.15, 0.2) is 24.8 Å². The fraction of sp³-hybridized carbons (Fsp3) is 0.500. The monoisotopic (exact) mass is 248 g/mol. The Morgan fingerprint density at radius 1 is 0.944 bits per heavy atom. The second-order valence-electron chi connectivity index (χ2n) is 6.33. The highest BCUT2D eigenvalue weighted by atomic mass is 16.5. The van der Waals surface area contributed by atoms with Crippen molar-refractivity contribution < 1.29 is 9.47 Å². The van der Waals surface area contributed by atoms with Gasteiger partial charge in [0.2, 0.25) is 0 Å². The summed E-state index contributed by atoms with van der Waals surface area (Å²) in [5.41, 5.74) is 0.529. The van der Waals surface area contributed by atoms with Crippen LogP contribution in [0, 0.1) is 0 Å². The molecule has 2 nitrogen and oxygen atoms in total. The van der Waals surface area contributed by atoms with Crippen LogP contribution in [0.5, 0.6) is 11.5 Å². The first-order valence-corrected chi connectivity index (χ1v) is 6.25. The first kappa shape index (κ1) is 14.6. The van der Waals surface area contributed by atoms with Gasteiger partial charge < -0.3 is 9.47 Å². The maximum atomic E-state index is 5.88. The van der Waals surface area contributed by atoms with E-state index in [1.54, 1.807) is 6.08 Å². The molecule has 0 aromatic heterocycles.